The van der Waals surface area contributed by atoms with Crippen LogP contribution in [0.25, 0.3) is 11.3 Å². The summed E-state index contributed by atoms with van der Waals surface area (Å²) in [7, 11) is 1.83. The number of benzene rings is 1. The van der Waals surface area contributed by atoms with Crippen LogP contribution in [0.1, 0.15) is 10.4 Å². The van der Waals surface area contributed by atoms with Gasteiger partial charge in [0.15, 0.2) is 6.29 Å². The summed E-state index contributed by atoms with van der Waals surface area (Å²) in [5.74, 6) is 0. The van der Waals surface area contributed by atoms with E-state index >= 15 is 0 Å². The molecule has 76 valence electrons. The van der Waals surface area contributed by atoms with Gasteiger partial charge in [0.05, 0.1) is 5.69 Å². The predicted octanol–water partition coefficient (Wildman–Crippen LogP) is 2.55. The summed E-state index contributed by atoms with van der Waals surface area (Å²) in [5, 5.41) is 4.83. The van der Waals surface area contributed by atoms with Crippen LogP contribution in [-0.4, -0.2) is 16.1 Å². The number of aromatic nitrogens is 2. The zero-order valence-electron chi connectivity index (χ0n) is 8.14. The SMILES string of the molecule is Cn1ccc(-c2cc(Cl)ccc2C=O)n1. The number of nitrogens with zero attached hydrogens (tertiary/aromatic N) is 2. The van der Waals surface area contributed by atoms with Crippen molar-refractivity contribution in [3.8, 4) is 11.3 Å². The monoisotopic (exact) mass is 220 g/mol. The van der Waals surface area contributed by atoms with E-state index in [4.69, 9.17) is 11.6 Å². The van der Waals surface area contributed by atoms with Crippen LogP contribution in [0, 0.1) is 0 Å². The summed E-state index contributed by atoms with van der Waals surface area (Å²) in [6.07, 6.45) is 2.63. The van der Waals surface area contributed by atoms with E-state index in [1.165, 1.54) is 0 Å². The van der Waals surface area contributed by atoms with Crippen molar-refractivity contribution in [2.75, 3.05) is 0 Å². The lowest BCUT2D eigenvalue weighted by Crippen LogP contribution is -1.91. The lowest BCUT2D eigenvalue weighted by atomic mass is 10.1. The molecule has 2 aromatic rings. The van der Waals surface area contributed by atoms with Crippen LogP contribution in [0.3, 0.4) is 0 Å². The van der Waals surface area contributed by atoms with Crippen LogP contribution < -0.4 is 0 Å². The second-order valence-corrected chi connectivity index (χ2v) is 3.66. The zero-order valence-corrected chi connectivity index (χ0v) is 8.90. The molecule has 0 spiro atoms. The molecule has 2 rings (SSSR count). The summed E-state index contributed by atoms with van der Waals surface area (Å²) in [4.78, 5) is 10.8. The van der Waals surface area contributed by atoms with Gasteiger partial charge in [0, 0.05) is 29.4 Å². The number of aldehydes is 1. The molecular weight excluding hydrogens is 212 g/mol. The second-order valence-electron chi connectivity index (χ2n) is 3.22. The van der Waals surface area contributed by atoms with E-state index in [0.717, 1.165) is 17.5 Å². The van der Waals surface area contributed by atoms with E-state index in [9.17, 15) is 4.79 Å². The molecule has 0 aliphatic carbocycles. The maximum atomic E-state index is 10.8. The predicted molar refractivity (Wildman–Crippen MR) is 59.0 cm³/mol. The summed E-state index contributed by atoms with van der Waals surface area (Å²) in [6.45, 7) is 0. The van der Waals surface area contributed by atoms with Crippen molar-refractivity contribution in [3.63, 3.8) is 0 Å². The van der Waals surface area contributed by atoms with E-state index in [0.29, 0.717) is 10.6 Å². The average Bonchev–Trinajstić information content (AvgIpc) is 2.65. The Kier molecular flexibility index (Phi) is 2.56. The van der Waals surface area contributed by atoms with E-state index < -0.39 is 0 Å². The van der Waals surface area contributed by atoms with E-state index in [-0.39, 0.29) is 0 Å². The zero-order chi connectivity index (χ0) is 10.8. The Morgan fingerprint density at radius 3 is 2.80 bits per heavy atom. The Morgan fingerprint density at radius 1 is 1.40 bits per heavy atom. The normalized spacial score (nSPS) is 10.3. The highest BCUT2D eigenvalue weighted by molar-refractivity contribution is 6.31. The standard InChI is InChI=1S/C11H9ClN2O/c1-14-5-4-11(13-14)10-6-9(12)3-2-8(10)7-15/h2-7H,1H3. The van der Waals surface area contributed by atoms with E-state index in [2.05, 4.69) is 5.10 Å². The Labute approximate surface area is 92.3 Å². The van der Waals surface area contributed by atoms with Gasteiger partial charge in [-0.25, -0.2) is 0 Å². The molecule has 0 saturated heterocycles. The number of aryl methyl sites for hydroxylation is 1. The van der Waals surface area contributed by atoms with Gasteiger partial charge >= 0.3 is 0 Å². The Morgan fingerprint density at radius 2 is 2.20 bits per heavy atom. The first-order valence-corrected chi connectivity index (χ1v) is 4.83. The average molecular weight is 221 g/mol. The van der Waals surface area contributed by atoms with Crippen LogP contribution in [0.2, 0.25) is 5.02 Å². The molecule has 0 aliphatic heterocycles. The summed E-state index contributed by atoms with van der Waals surface area (Å²) in [6, 6.07) is 6.98. The first-order valence-electron chi connectivity index (χ1n) is 4.45. The lowest BCUT2D eigenvalue weighted by Gasteiger charge is -2.01. The first-order chi connectivity index (χ1) is 7.20. The lowest BCUT2D eigenvalue weighted by molar-refractivity contribution is 0.112. The molecule has 0 unspecified atom stereocenters. The number of halogens is 1. The van der Waals surface area contributed by atoms with Crippen molar-refractivity contribution in [3.05, 3.63) is 41.0 Å². The van der Waals surface area contributed by atoms with Crippen LogP contribution in [0.5, 0.6) is 0 Å². The molecule has 1 aromatic heterocycles. The van der Waals surface area contributed by atoms with Gasteiger partial charge in [-0.15, -0.1) is 0 Å². The molecule has 1 heterocycles. The molecule has 0 saturated carbocycles. The van der Waals surface area contributed by atoms with Crippen molar-refractivity contribution in [1.29, 1.82) is 0 Å². The molecule has 0 atom stereocenters. The smallest absolute Gasteiger partial charge is 0.150 e. The third-order valence-electron chi connectivity index (χ3n) is 2.13. The number of carbonyl (C=O) groups is 1. The molecule has 0 N–H and O–H groups in total. The molecular formula is C11H9ClN2O. The van der Waals surface area contributed by atoms with Gasteiger partial charge in [0.2, 0.25) is 0 Å². The van der Waals surface area contributed by atoms with E-state index in [1.807, 2.05) is 19.3 Å². The topological polar surface area (TPSA) is 34.9 Å². The fourth-order valence-corrected chi connectivity index (χ4v) is 1.58. The van der Waals surface area contributed by atoms with Crippen molar-refractivity contribution in [2.24, 2.45) is 7.05 Å². The van der Waals surface area contributed by atoms with Crippen molar-refractivity contribution >= 4 is 17.9 Å². The Balaban J connectivity index is 2.59. The highest BCUT2D eigenvalue weighted by Crippen LogP contribution is 2.24. The molecule has 15 heavy (non-hydrogen) atoms. The van der Waals surface area contributed by atoms with Crippen LogP contribution in [0.4, 0.5) is 0 Å². The fraction of sp³-hybridized carbons (Fsp3) is 0.0909. The van der Waals surface area contributed by atoms with Gasteiger partial charge in [0.1, 0.15) is 0 Å². The molecule has 0 bridgehead atoms. The molecule has 0 amide bonds. The fourth-order valence-electron chi connectivity index (χ4n) is 1.41. The largest absolute Gasteiger partial charge is 0.298 e. The van der Waals surface area contributed by atoms with Crippen LogP contribution in [0.15, 0.2) is 30.5 Å². The van der Waals surface area contributed by atoms with Crippen molar-refractivity contribution in [2.45, 2.75) is 0 Å². The van der Waals surface area contributed by atoms with Gasteiger partial charge in [-0.3, -0.25) is 9.48 Å². The minimum absolute atomic E-state index is 0.595. The molecule has 0 radical (unpaired) electrons. The van der Waals surface area contributed by atoms with Gasteiger partial charge in [-0.05, 0) is 24.3 Å². The van der Waals surface area contributed by atoms with Crippen molar-refractivity contribution < 1.29 is 4.79 Å². The second kappa shape index (κ2) is 3.87. The minimum Gasteiger partial charge on any atom is -0.298 e. The van der Waals surface area contributed by atoms with Gasteiger partial charge in [-0.2, -0.15) is 5.10 Å². The Bertz CT molecular complexity index is 505. The molecule has 0 aliphatic rings. The van der Waals surface area contributed by atoms with Crippen LogP contribution >= 0.6 is 11.6 Å². The highest BCUT2D eigenvalue weighted by Gasteiger charge is 2.07. The first kappa shape index (κ1) is 9.93. The summed E-state index contributed by atoms with van der Waals surface area (Å²) >= 11 is 5.88. The van der Waals surface area contributed by atoms with Crippen LogP contribution in [-0.2, 0) is 7.05 Å². The Hall–Kier alpha value is -1.61. The molecule has 1 aromatic carbocycles. The maximum Gasteiger partial charge on any atom is 0.150 e. The third kappa shape index (κ3) is 1.92. The maximum absolute atomic E-state index is 10.8. The number of rotatable bonds is 2. The summed E-state index contributed by atoms with van der Waals surface area (Å²) < 4.78 is 1.69. The van der Waals surface area contributed by atoms with Gasteiger partial charge < -0.3 is 0 Å². The number of hydrogen-bond acceptors (Lipinski definition) is 2. The van der Waals surface area contributed by atoms with E-state index in [1.54, 1.807) is 22.9 Å². The van der Waals surface area contributed by atoms with Gasteiger partial charge in [-0.1, -0.05) is 11.6 Å². The minimum atomic E-state index is 0.595. The van der Waals surface area contributed by atoms with Gasteiger partial charge in [0.25, 0.3) is 0 Å². The number of hydrogen-bond donors (Lipinski definition) is 0. The quantitative estimate of drug-likeness (QED) is 0.729. The molecule has 0 fully saturated rings. The molecule has 3 nitrogen and oxygen atoms in total. The number of carbonyl (C=O) groups excluding carboxylic acids is 1. The van der Waals surface area contributed by atoms with Crippen molar-refractivity contribution in [1.82, 2.24) is 9.78 Å². The molecule has 4 heteroatoms. The third-order valence-corrected chi connectivity index (χ3v) is 2.37. The highest BCUT2D eigenvalue weighted by atomic mass is 35.5. The summed E-state index contributed by atoms with van der Waals surface area (Å²) in [5.41, 5.74) is 2.11.